The second-order valence-corrected chi connectivity index (χ2v) is 1.75. The fourth-order valence-corrected chi connectivity index (χ4v) is 0.754. The van der Waals surface area contributed by atoms with Crippen molar-refractivity contribution in [2.24, 2.45) is 0 Å². The number of nitrogens with zero attached hydrogens (tertiary/aromatic N) is 1. The minimum atomic E-state index is -0.493. The molecule has 0 amide bonds. The third-order valence-electron chi connectivity index (χ3n) is 0.607. The summed E-state index contributed by atoms with van der Waals surface area (Å²) in [4.78, 5) is 9.33. The summed E-state index contributed by atoms with van der Waals surface area (Å²) in [6, 6.07) is 0. The van der Waals surface area contributed by atoms with Crippen molar-refractivity contribution in [2.75, 3.05) is 0 Å². The first-order valence-electron chi connectivity index (χ1n) is 1.82. The van der Waals surface area contributed by atoms with Gasteiger partial charge in [0.15, 0.2) is 0 Å². The molecule has 0 saturated carbocycles. The van der Waals surface area contributed by atoms with Crippen LogP contribution in [0.4, 0.5) is 0 Å². The Morgan fingerprint density at radius 1 is 2.00 bits per heavy atom. The summed E-state index contributed by atoms with van der Waals surface area (Å²) in [5.41, 5.74) is 0. The molecule has 0 fully saturated rings. The van der Waals surface area contributed by atoms with Crippen molar-refractivity contribution < 1.29 is 4.92 Å². The average Bonchev–Trinajstić information content (AvgIpc) is 2.12. The van der Waals surface area contributed by atoms with Crippen molar-refractivity contribution >= 4 is 11.9 Å². The third-order valence-corrected chi connectivity index (χ3v) is 1.15. The van der Waals surface area contributed by atoms with Crippen LogP contribution in [-0.2, 0) is 0 Å². The second-order valence-electron chi connectivity index (χ2n) is 1.11. The maximum Gasteiger partial charge on any atom is 0.325 e. The Hall–Kier alpha value is -0.710. The van der Waals surface area contributed by atoms with Gasteiger partial charge in [-0.1, -0.05) is 0 Å². The van der Waals surface area contributed by atoms with E-state index in [0.29, 0.717) is 0 Å². The lowest BCUT2D eigenvalue weighted by atomic mass is 10.6. The van der Waals surface area contributed by atoms with Crippen molar-refractivity contribution in [1.29, 1.82) is 0 Å². The van der Waals surface area contributed by atoms with E-state index in [0.717, 1.165) is 11.9 Å². The van der Waals surface area contributed by atoms with Gasteiger partial charge in [0, 0.05) is 6.08 Å². The van der Waals surface area contributed by atoms with E-state index in [1.165, 1.54) is 6.08 Å². The first kappa shape index (κ1) is 5.43. The summed E-state index contributed by atoms with van der Waals surface area (Å²) >= 11 is 1.08. The van der Waals surface area contributed by atoms with Crippen molar-refractivity contribution in [3.63, 3.8) is 0 Å². The minimum absolute atomic E-state index is 0.00463. The molecule has 2 radical (unpaired) electrons. The zero-order valence-corrected chi connectivity index (χ0v) is 4.57. The van der Waals surface area contributed by atoms with Gasteiger partial charge in [0.1, 0.15) is 5.75 Å². The molecule has 0 aliphatic carbocycles. The first-order valence-corrected chi connectivity index (χ1v) is 2.64. The van der Waals surface area contributed by atoms with E-state index >= 15 is 0 Å². The summed E-state index contributed by atoms with van der Waals surface area (Å²) in [5.74, 6) is 2.55. The predicted octanol–water partition coefficient (Wildman–Crippen LogP) is 0.395. The van der Waals surface area contributed by atoms with Gasteiger partial charge >= 0.3 is 5.82 Å². The molecule has 1 rings (SSSR count). The zero-order chi connectivity index (χ0) is 5.98. The number of rotatable bonds is 1. The van der Waals surface area contributed by atoms with Gasteiger partial charge in [-0.05, 0) is 4.92 Å². The van der Waals surface area contributed by atoms with Crippen molar-refractivity contribution in [3.8, 4) is 0 Å². The van der Waals surface area contributed by atoms with Crippen molar-refractivity contribution in [2.45, 2.75) is 0 Å². The van der Waals surface area contributed by atoms with Crippen LogP contribution in [0.5, 0.6) is 0 Å². The average molecular weight is 130 g/mol. The smallest absolute Gasteiger partial charge is 0.325 e. The first-order chi connectivity index (χ1) is 3.80. The van der Waals surface area contributed by atoms with Gasteiger partial charge in [-0.2, -0.15) is 0 Å². The predicted molar refractivity (Wildman–Crippen MR) is 29.0 cm³/mol. The van der Waals surface area contributed by atoms with E-state index < -0.39 is 4.92 Å². The SMILES string of the molecule is O=[N+]([O-])C1=C[C]SN1. The number of hydrogen-bond acceptors (Lipinski definition) is 4. The highest BCUT2D eigenvalue weighted by atomic mass is 32.2. The molecule has 5 heteroatoms. The van der Waals surface area contributed by atoms with E-state index in [-0.39, 0.29) is 5.82 Å². The standard InChI is InChI=1S/C3H2N2O2S/c6-5(7)3-1-2-8-4-3/h1,4H. The van der Waals surface area contributed by atoms with Gasteiger partial charge in [0.05, 0.1) is 11.9 Å². The van der Waals surface area contributed by atoms with E-state index in [1.54, 1.807) is 0 Å². The Morgan fingerprint density at radius 3 is 3.00 bits per heavy atom. The highest BCUT2D eigenvalue weighted by Gasteiger charge is 2.14. The Balaban J connectivity index is 2.57. The lowest BCUT2D eigenvalue weighted by Crippen LogP contribution is -2.07. The fraction of sp³-hybridized carbons (Fsp3) is 0. The molecule has 8 heavy (non-hydrogen) atoms. The third kappa shape index (κ3) is 0.919. The van der Waals surface area contributed by atoms with Crippen LogP contribution in [-0.4, -0.2) is 4.92 Å². The number of nitro groups is 1. The maximum absolute atomic E-state index is 9.82. The summed E-state index contributed by atoms with van der Waals surface area (Å²) in [6.07, 6.45) is 1.30. The molecule has 1 aliphatic heterocycles. The van der Waals surface area contributed by atoms with Gasteiger partial charge in [0.25, 0.3) is 0 Å². The van der Waals surface area contributed by atoms with Crippen molar-refractivity contribution in [1.82, 2.24) is 4.72 Å². The number of nitrogens with one attached hydrogen (secondary N) is 1. The molecule has 0 saturated heterocycles. The molecule has 1 heterocycles. The minimum Gasteiger partial charge on any atom is -0.358 e. The van der Waals surface area contributed by atoms with E-state index in [4.69, 9.17) is 0 Å². The molecule has 0 aromatic rings. The Kier molecular flexibility index (Phi) is 1.38. The largest absolute Gasteiger partial charge is 0.358 e. The number of hydrogen-bond donors (Lipinski definition) is 1. The van der Waals surface area contributed by atoms with Gasteiger partial charge < -0.3 is 10.1 Å². The van der Waals surface area contributed by atoms with E-state index in [9.17, 15) is 10.1 Å². The van der Waals surface area contributed by atoms with E-state index in [2.05, 4.69) is 10.5 Å². The van der Waals surface area contributed by atoms with Crippen LogP contribution < -0.4 is 4.72 Å². The van der Waals surface area contributed by atoms with Crippen LogP contribution in [0.2, 0.25) is 0 Å². The highest BCUT2D eigenvalue weighted by Crippen LogP contribution is 2.13. The van der Waals surface area contributed by atoms with Crippen LogP contribution in [0.1, 0.15) is 0 Å². The van der Waals surface area contributed by atoms with Crippen LogP contribution in [0.15, 0.2) is 11.9 Å². The molecular formula is C3H2N2O2S. The molecule has 42 valence electrons. The fourth-order valence-electron chi connectivity index (χ4n) is 0.286. The Bertz CT molecular complexity index is 144. The molecule has 0 unspecified atom stereocenters. The van der Waals surface area contributed by atoms with E-state index in [1.807, 2.05) is 0 Å². The van der Waals surface area contributed by atoms with Gasteiger partial charge in [-0.15, -0.1) is 0 Å². The lowest BCUT2D eigenvalue weighted by Gasteiger charge is -1.90. The lowest BCUT2D eigenvalue weighted by molar-refractivity contribution is -0.428. The summed E-state index contributed by atoms with van der Waals surface area (Å²) in [7, 11) is 0. The molecule has 0 bridgehead atoms. The molecule has 1 aliphatic rings. The Labute approximate surface area is 50.2 Å². The molecule has 1 N–H and O–H groups in total. The summed E-state index contributed by atoms with van der Waals surface area (Å²) < 4.78 is 2.42. The van der Waals surface area contributed by atoms with Crippen LogP contribution >= 0.6 is 11.9 Å². The molecular weight excluding hydrogens is 128 g/mol. The normalized spacial score (nSPS) is 17.2. The molecule has 0 aromatic heterocycles. The van der Waals surface area contributed by atoms with Crippen LogP contribution in [0.3, 0.4) is 0 Å². The summed E-state index contributed by atoms with van der Waals surface area (Å²) in [6.45, 7) is 0. The topological polar surface area (TPSA) is 55.2 Å². The van der Waals surface area contributed by atoms with Crippen LogP contribution in [0, 0.1) is 15.9 Å². The quantitative estimate of drug-likeness (QED) is 0.317. The summed E-state index contributed by atoms with van der Waals surface area (Å²) in [5, 5.41) is 9.82. The van der Waals surface area contributed by atoms with Crippen molar-refractivity contribution in [3.05, 3.63) is 27.8 Å². The Morgan fingerprint density at radius 2 is 2.75 bits per heavy atom. The molecule has 4 nitrogen and oxygen atoms in total. The molecule has 0 atom stereocenters. The van der Waals surface area contributed by atoms with Gasteiger partial charge in [-0.3, -0.25) is 0 Å². The zero-order valence-electron chi connectivity index (χ0n) is 3.75. The van der Waals surface area contributed by atoms with Gasteiger partial charge in [-0.25, -0.2) is 4.72 Å². The molecule has 0 spiro atoms. The maximum atomic E-state index is 9.82. The van der Waals surface area contributed by atoms with Gasteiger partial charge in [0.2, 0.25) is 0 Å². The monoisotopic (exact) mass is 130 g/mol. The second kappa shape index (κ2) is 2.04. The molecule has 0 aromatic carbocycles. The highest BCUT2D eigenvalue weighted by molar-refractivity contribution is 7.99. The van der Waals surface area contributed by atoms with Crippen LogP contribution in [0.25, 0.3) is 0 Å².